The van der Waals surface area contributed by atoms with E-state index in [-0.39, 0.29) is 5.91 Å². The minimum Gasteiger partial charge on any atom is -0.363 e. The normalized spacial score (nSPS) is 14.0. The number of amides is 1. The summed E-state index contributed by atoms with van der Waals surface area (Å²) in [6, 6.07) is 23.0. The number of carbonyl (C=O) groups excluding carboxylic acids is 1. The number of nitrogens with one attached hydrogen (secondary N) is 1. The van der Waals surface area contributed by atoms with E-state index in [2.05, 4.69) is 64.8 Å². The summed E-state index contributed by atoms with van der Waals surface area (Å²) in [6.45, 7) is 2.86. The standard InChI is InChI=1S/C25H28N2OS/c28-24(26-16-10-13-20-11-4-1-5-12-20)23-19-22(21-14-6-2-7-15-21)25(29-23)27-17-8-3-9-18-27/h1-2,4-7,11-12,14-15,19H,3,8-10,13,16-18H2,(H,26,28). The van der Waals surface area contributed by atoms with E-state index >= 15 is 0 Å². The van der Waals surface area contributed by atoms with Gasteiger partial charge in [-0.25, -0.2) is 0 Å². The van der Waals surface area contributed by atoms with Crippen LogP contribution in [-0.4, -0.2) is 25.5 Å². The van der Waals surface area contributed by atoms with Crippen molar-refractivity contribution in [2.75, 3.05) is 24.5 Å². The maximum atomic E-state index is 12.8. The van der Waals surface area contributed by atoms with Crippen molar-refractivity contribution in [1.82, 2.24) is 5.32 Å². The molecule has 1 amide bonds. The van der Waals surface area contributed by atoms with Crippen molar-refractivity contribution in [2.45, 2.75) is 32.1 Å². The van der Waals surface area contributed by atoms with Crippen LogP contribution in [0.3, 0.4) is 0 Å². The summed E-state index contributed by atoms with van der Waals surface area (Å²) in [6.07, 6.45) is 5.70. The van der Waals surface area contributed by atoms with Gasteiger partial charge in [0.05, 0.1) is 9.88 Å². The smallest absolute Gasteiger partial charge is 0.261 e. The van der Waals surface area contributed by atoms with Crippen LogP contribution in [0.25, 0.3) is 11.1 Å². The maximum Gasteiger partial charge on any atom is 0.261 e. The van der Waals surface area contributed by atoms with Crippen molar-refractivity contribution in [3.8, 4) is 11.1 Å². The van der Waals surface area contributed by atoms with E-state index in [1.165, 1.54) is 41.0 Å². The van der Waals surface area contributed by atoms with Gasteiger partial charge in [0, 0.05) is 25.2 Å². The molecule has 4 rings (SSSR count). The molecule has 0 atom stereocenters. The molecule has 4 heteroatoms. The van der Waals surface area contributed by atoms with Gasteiger partial charge >= 0.3 is 0 Å². The van der Waals surface area contributed by atoms with E-state index in [1.807, 2.05) is 12.1 Å². The second kappa shape index (κ2) is 9.75. The number of carbonyl (C=O) groups is 1. The first-order valence-electron chi connectivity index (χ1n) is 10.6. The van der Waals surface area contributed by atoms with Crippen LogP contribution in [0.4, 0.5) is 5.00 Å². The third-order valence-electron chi connectivity index (χ3n) is 5.43. The van der Waals surface area contributed by atoms with Crippen molar-refractivity contribution in [1.29, 1.82) is 0 Å². The van der Waals surface area contributed by atoms with Crippen LogP contribution in [0.2, 0.25) is 0 Å². The molecule has 1 N–H and O–H groups in total. The number of benzene rings is 2. The molecular formula is C25H28N2OS. The maximum absolute atomic E-state index is 12.8. The zero-order valence-corrected chi connectivity index (χ0v) is 17.6. The highest BCUT2D eigenvalue weighted by atomic mass is 32.1. The Morgan fingerprint density at radius 3 is 2.34 bits per heavy atom. The van der Waals surface area contributed by atoms with E-state index in [9.17, 15) is 4.79 Å². The van der Waals surface area contributed by atoms with E-state index in [4.69, 9.17) is 0 Å². The Morgan fingerprint density at radius 2 is 1.62 bits per heavy atom. The van der Waals surface area contributed by atoms with Crippen molar-refractivity contribution >= 4 is 22.2 Å². The summed E-state index contributed by atoms with van der Waals surface area (Å²) in [4.78, 5) is 16.1. The van der Waals surface area contributed by atoms with Crippen LogP contribution >= 0.6 is 11.3 Å². The summed E-state index contributed by atoms with van der Waals surface area (Å²) in [5.41, 5.74) is 3.69. The molecular weight excluding hydrogens is 376 g/mol. The molecule has 0 radical (unpaired) electrons. The number of hydrogen-bond donors (Lipinski definition) is 1. The number of rotatable bonds is 7. The van der Waals surface area contributed by atoms with Crippen molar-refractivity contribution in [3.63, 3.8) is 0 Å². The minimum atomic E-state index is 0.0449. The Labute approximate surface area is 177 Å². The SMILES string of the molecule is O=C(NCCCc1ccccc1)c1cc(-c2ccccc2)c(N2CCCCC2)s1. The Morgan fingerprint density at radius 1 is 0.931 bits per heavy atom. The zero-order valence-electron chi connectivity index (χ0n) is 16.8. The van der Waals surface area contributed by atoms with Gasteiger partial charge in [-0.1, -0.05) is 60.7 Å². The molecule has 0 unspecified atom stereocenters. The first-order valence-corrected chi connectivity index (χ1v) is 11.4. The summed E-state index contributed by atoms with van der Waals surface area (Å²) < 4.78 is 0. The highest BCUT2D eigenvalue weighted by molar-refractivity contribution is 7.18. The van der Waals surface area contributed by atoms with Crippen LogP contribution in [0.15, 0.2) is 66.7 Å². The third-order valence-corrected chi connectivity index (χ3v) is 6.63. The predicted octanol–water partition coefficient (Wildman–Crippen LogP) is 5.77. The van der Waals surface area contributed by atoms with E-state index < -0.39 is 0 Å². The first kappa shape index (κ1) is 19.7. The lowest BCUT2D eigenvalue weighted by Gasteiger charge is -2.28. The Bertz CT molecular complexity index is 915. The summed E-state index contributed by atoms with van der Waals surface area (Å²) >= 11 is 1.64. The van der Waals surface area contributed by atoms with Crippen molar-refractivity contribution < 1.29 is 4.79 Å². The molecule has 1 aliphatic heterocycles. The topological polar surface area (TPSA) is 32.3 Å². The van der Waals surface area contributed by atoms with Gasteiger partial charge in [0.2, 0.25) is 0 Å². The molecule has 0 bridgehead atoms. The predicted molar refractivity (Wildman–Crippen MR) is 123 cm³/mol. The number of hydrogen-bond acceptors (Lipinski definition) is 3. The number of aryl methyl sites for hydroxylation is 1. The highest BCUT2D eigenvalue weighted by Gasteiger charge is 2.21. The van der Waals surface area contributed by atoms with Gasteiger partial charge in [0.15, 0.2) is 0 Å². The zero-order chi connectivity index (χ0) is 19.9. The van der Waals surface area contributed by atoms with Gasteiger partial charge in [-0.05, 0) is 49.3 Å². The fourth-order valence-corrected chi connectivity index (χ4v) is 5.02. The van der Waals surface area contributed by atoms with Crippen LogP contribution in [0, 0.1) is 0 Å². The number of anilines is 1. The highest BCUT2D eigenvalue weighted by Crippen LogP contribution is 2.40. The lowest BCUT2D eigenvalue weighted by molar-refractivity contribution is 0.0957. The molecule has 0 saturated carbocycles. The molecule has 3 nitrogen and oxygen atoms in total. The Kier molecular flexibility index (Phi) is 6.63. The van der Waals surface area contributed by atoms with E-state index in [0.29, 0.717) is 6.54 Å². The largest absolute Gasteiger partial charge is 0.363 e. The molecule has 0 aliphatic carbocycles. The van der Waals surface area contributed by atoms with Gasteiger partial charge < -0.3 is 10.2 Å². The molecule has 1 saturated heterocycles. The molecule has 0 spiro atoms. The van der Waals surface area contributed by atoms with Crippen LogP contribution in [-0.2, 0) is 6.42 Å². The average molecular weight is 405 g/mol. The molecule has 1 aromatic heterocycles. The van der Waals surface area contributed by atoms with Crippen molar-refractivity contribution in [2.24, 2.45) is 0 Å². The number of thiophene rings is 1. The fourth-order valence-electron chi connectivity index (χ4n) is 3.88. The molecule has 29 heavy (non-hydrogen) atoms. The lowest BCUT2D eigenvalue weighted by atomic mass is 10.1. The average Bonchev–Trinajstić information content (AvgIpc) is 3.24. The molecule has 1 aliphatic rings. The fraction of sp³-hybridized carbons (Fsp3) is 0.320. The first-order chi connectivity index (χ1) is 14.3. The summed E-state index contributed by atoms with van der Waals surface area (Å²) in [7, 11) is 0. The van der Waals surface area contributed by atoms with Crippen LogP contribution in [0.5, 0.6) is 0 Å². The second-order valence-electron chi connectivity index (χ2n) is 7.59. The Hall–Kier alpha value is -2.59. The summed E-state index contributed by atoms with van der Waals surface area (Å²) in [5, 5.41) is 4.36. The molecule has 3 aromatic rings. The monoisotopic (exact) mass is 404 g/mol. The molecule has 150 valence electrons. The molecule has 2 aromatic carbocycles. The quantitative estimate of drug-likeness (QED) is 0.507. The molecule has 2 heterocycles. The van der Waals surface area contributed by atoms with E-state index in [1.54, 1.807) is 11.3 Å². The lowest BCUT2D eigenvalue weighted by Crippen LogP contribution is -2.29. The van der Waals surface area contributed by atoms with Gasteiger partial charge in [-0.15, -0.1) is 11.3 Å². The van der Waals surface area contributed by atoms with Crippen molar-refractivity contribution in [3.05, 3.63) is 77.2 Å². The molecule has 1 fully saturated rings. The van der Waals surface area contributed by atoms with Crippen LogP contribution < -0.4 is 10.2 Å². The van der Waals surface area contributed by atoms with Gasteiger partial charge in [0.25, 0.3) is 5.91 Å². The van der Waals surface area contributed by atoms with Gasteiger partial charge in [-0.2, -0.15) is 0 Å². The van der Waals surface area contributed by atoms with Gasteiger partial charge in [0.1, 0.15) is 0 Å². The minimum absolute atomic E-state index is 0.0449. The third kappa shape index (κ3) is 5.07. The second-order valence-corrected chi connectivity index (χ2v) is 8.62. The van der Waals surface area contributed by atoms with Crippen LogP contribution in [0.1, 0.15) is 40.9 Å². The number of piperidine rings is 1. The Balaban J connectivity index is 1.45. The van der Waals surface area contributed by atoms with Gasteiger partial charge in [-0.3, -0.25) is 4.79 Å². The van der Waals surface area contributed by atoms with E-state index in [0.717, 1.165) is 30.8 Å². The summed E-state index contributed by atoms with van der Waals surface area (Å²) in [5.74, 6) is 0.0449. The number of nitrogens with zero attached hydrogens (tertiary/aromatic N) is 1.